The molecule has 0 aliphatic heterocycles. The highest BCUT2D eigenvalue weighted by Crippen LogP contribution is 2.16. The zero-order chi connectivity index (χ0) is 14.5. The fourth-order valence-corrected chi connectivity index (χ4v) is 1.76. The molecule has 0 saturated carbocycles. The molecule has 0 atom stereocenters. The Labute approximate surface area is 115 Å². The van der Waals surface area contributed by atoms with Gasteiger partial charge in [-0.25, -0.2) is 13.6 Å². The van der Waals surface area contributed by atoms with Crippen LogP contribution in [0.25, 0.3) is 0 Å². The van der Waals surface area contributed by atoms with E-state index in [2.05, 4.69) is 10.1 Å². The number of rotatable bonds is 4. The molecule has 2 aromatic carbocycles. The number of benzene rings is 2. The number of nitrogens with one attached hydrogen (secondary N) is 1. The zero-order valence-corrected chi connectivity index (χ0v) is 10.8. The predicted molar refractivity (Wildman–Crippen MR) is 71.5 cm³/mol. The quantitative estimate of drug-likeness (QED) is 0.871. The number of esters is 1. The van der Waals surface area contributed by atoms with Crippen LogP contribution >= 0.6 is 0 Å². The average molecular weight is 277 g/mol. The fraction of sp³-hybridized carbons (Fsp3) is 0.133. The first kappa shape index (κ1) is 14.0. The van der Waals surface area contributed by atoms with Gasteiger partial charge in [-0.05, 0) is 35.9 Å². The molecule has 0 aromatic heterocycles. The summed E-state index contributed by atoms with van der Waals surface area (Å²) in [6.07, 6.45) is 0. The first-order chi connectivity index (χ1) is 9.60. The standard InChI is InChI=1S/C15H13F2NO2/c1-20-15(19)11-4-2-3-10(7-11)9-18-14-8-12(16)5-6-13(14)17/h2-8,18H,9H2,1H3. The van der Waals surface area contributed by atoms with Gasteiger partial charge >= 0.3 is 5.97 Å². The highest BCUT2D eigenvalue weighted by atomic mass is 19.1. The summed E-state index contributed by atoms with van der Waals surface area (Å²) in [6.45, 7) is 0.269. The minimum Gasteiger partial charge on any atom is -0.465 e. The lowest BCUT2D eigenvalue weighted by Crippen LogP contribution is -2.05. The number of carbonyl (C=O) groups is 1. The Hall–Kier alpha value is -2.43. The van der Waals surface area contributed by atoms with Crippen LogP contribution in [0.3, 0.4) is 0 Å². The van der Waals surface area contributed by atoms with E-state index in [9.17, 15) is 13.6 Å². The van der Waals surface area contributed by atoms with E-state index in [-0.39, 0.29) is 12.2 Å². The summed E-state index contributed by atoms with van der Waals surface area (Å²) in [5.41, 5.74) is 1.25. The molecule has 0 aliphatic rings. The Balaban J connectivity index is 2.11. The second-order valence-corrected chi connectivity index (χ2v) is 4.17. The molecule has 0 aliphatic carbocycles. The van der Waals surface area contributed by atoms with Gasteiger partial charge in [0.25, 0.3) is 0 Å². The van der Waals surface area contributed by atoms with Crippen molar-refractivity contribution in [1.29, 1.82) is 0 Å². The van der Waals surface area contributed by atoms with Crippen molar-refractivity contribution in [3.05, 3.63) is 65.2 Å². The average Bonchev–Trinajstić information content (AvgIpc) is 2.47. The lowest BCUT2D eigenvalue weighted by Gasteiger charge is -2.08. The first-order valence-electron chi connectivity index (χ1n) is 5.96. The minimum absolute atomic E-state index is 0.0773. The van der Waals surface area contributed by atoms with Crippen molar-refractivity contribution in [2.24, 2.45) is 0 Å². The smallest absolute Gasteiger partial charge is 0.337 e. The van der Waals surface area contributed by atoms with Gasteiger partial charge in [0.15, 0.2) is 0 Å². The van der Waals surface area contributed by atoms with Crippen LogP contribution in [-0.4, -0.2) is 13.1 Å². The number of methoxy groups -OCH3 is 1. The lowest BCUT2D eigenvalue weighted by molar-refractivity contribution is 0.0600. The van der Waals surface area contributed by atoms with Gasteiger partial charge in [-0.15, -0.1) is 0 Å². The molecule has 0 amide bonds. The van der Waals surface area contributed by atoms with Crippen LogP contribution in [-0.2, 0) is 11.3 Å². The summed E-state index contributed by atoms with van der Waals surface area (Å²) in [6, 6.07) is 9.93. The predicted octanol–water partition coefficient (Wildman–Crippen LogP) is 3.36. The van der Waals surface area contributed by atoms with Gasteiger partial charge in [0.05, 0.1) is 18.4 Å². The van der Waals surface area contributed by atoms with Gasteiger partial charge in [0.1, 0.15) is 11.6 Å². The van der Waals surface area contributed by atoms with E-state index >= 15 is 0 Å². The van der Waals surface area contributed by atoms with E-state index in [0.29, 0.717) is 5.56 Å². The molecule has 104 valence electrons. The zero-order valence-electron chi connectivity index (χ0n) is 10.8. The third-order valence-electron chi connectivity index (χ3n) is 2.76. The van der Waals surface area contributed by atoms with Crippen molar-refractivity contribution in [2.75, 3.05) is 12.4 Å². The molecule has 1 N–H and O–H groups in total. The minimum atomic E-state index is -0.532. The van der Waals surface area contributed by atoms with Gasteiger partial charge in [0.2, 0.25) is 0 Å². The maximum atomic E-state index is 13.4. The van der Waals surface area contributed by atoms with Crippen LogP contribution < -0.4 is 5.32 Å². The van der Waals surface area contributed by atoms with Crippen LogP contribution in [0.15, 0.2) is 42.5 Å². The van der Waals surface area contributed by atoms with Gasteiger partial charge in [-0.3, -0.25) is 0 Å². The Morgan fingerprint density at radius 2 is 2.00 bits per heavy atom. The molecule has 0 unspecified atom stereocenters. The second kappa shape index (κ2) is 6.14. The molecule has 20 heavy (non-hydrogen) atoms. The highest BCUT2D eigenvalue weighted by Gasteiger charge is 2.07. The molecule has 0 bridgehead atoms. The Morgan fingerprint density at radius 1 is 1.20 bits per heavy atom. The number of ether oxygens (including phenoxy) is 1. The Morgan fingerprint density at radius 3 is 2.75 bits per heavy atom. The molecular weight excluding hydrogens is 264 g/mol. The van der Waals surface area contributed by atoms with Crippen LogP contribution in [0.4, 0.5) is 14.5 Å². The van der Waals surface area contributed by atoms with Crippen molar-refractivity contribution in [3.63, 3.8) is 0 Å². The number of hydrogen-bond donors (Lipinski definition) is 1. The van der Waals surface area contributed by atoms with E-state index in [1.165, 1.54) is 7.11 Å². The van der Waals surface area contributed by atoms with Gasteiger partial charge in [0, 0.05) is 6.54 Å². The molecule has 5 heteroatoms. The monoisotopic (exact) mass is 277 g/mol. The topological polar surface area (TPSA) is 38.3 Å². The van der Waals surface area contributed by atoms with E-state index in [0.717, 1.165) is 23.8 Å². The summed E-state index contributed by atoms with van der Waals surface area (Å²) in [4.78, 5) is 11.4. The van der Waals surface area contributed by atoms with E-state index in [1.807, 2.05) is 0 Å². The molecule has 2 rings (SSSR count). The summed E-state index contributed by atoms with van der Waals surface area (Å²) in [5, 5.41) is 2.79. The van der Waals surface area contributed by atoms with Crippen LogP contribution in [0.1, 0.15) is 15.9 Å². The summed E-state index contributed by atoms with van der Waals surface area (Å²) >= 11 is 0. The van der Waals surface area contributed by atoms with Crippen molar-refractivity contribution < 1.29 is 18.3 Å². The van der Waals surface area contributed by atoms with Crippen LogP contribution in [0.5, 0.6) is 0 Å². The van der Waals surface area contributed by atoms with E-state index in [4.69, 9.17) is 0 Å². The van der Waals surface area contributed by atoms with Crippen LogP contribution in [0.2, 0.25) is 0 Å². The van der Waals surface area contributed by atoms with E-state index in [1.54, 1.807) is 24.3 Å². The third kappa shape index (κ3) is 3.32. The molecule has 0 radical (unpaired) electrons. The number of anilines is 1. The van der Waals surface area contributed by atoms with Crippen molar-refractivity contribution in [3.8, 4) is 0 Å². The third-order valence-corrected chi connectivity index (χ3v) is 2.76. The maximum absolute atomic E-state index is 13.4. The molecule has 3 nitrogen and oxygen atoms in total. The normalized spacial score (nSPS) is 10.2. The molecule has 2 aromatic rings. The summed E-state index contributed by atoms with van der Waals surface area (Å²) in [7, 11) is 1.30. The van der Waals surface area contributed by atoms with Gasteiger partial charge in [-0.1, -0.05) is 12.1 Å². The maximum Gasteiger partial charge on any atom is 0.337 e. The SMILES string of the molecule is COC(=O)c1cccc(CNc2cc(F)ccc2F)c1. The highest BCUT2D eigenvalue weighted by molar-refractivity contribution is 5.89. The van der Waals surface area contributed by atoms with Crippen molar-refractivity contribution in [1.82, 2.24) is 0 Å². The van der Waals surface area contributed by atoms with Crippen molar-refractivity contribution >= 4 is 11.7 Å². The molecule has 0 fully saturated rings. The van der Waals surface area contributed by atoms with Crippen LogP contribution in [0, 0.1) is 11.6 Å². The summed E-state index contributed by atoms with van der Waals surface area (Å²) < 4.78 is 31.1. The number of halogens is 2. The number of carbonyl (C=O) groups excluding carboxylic acids is 1. The largest absolute Gasteiger partial charge is 0.465 e. The van der Waals surface area contributed by atoms with Crippen molar-refractivity contribution in [2.45, 2.75) is 6.54 Å². The lowest BCUT2D eigenvalue weighted by atomic mass is 10.1. The van der Waals surface area contributed by atoms with E-state index < -0.39 is 17.6 Å². The van der Waals surface area contributed by atoms with Gasteiger partial charge < -0.3 is 10.1 Å². The molecule has 0 spiro atoms. The molecular formula is C15H13F2NO2. The second-order valence-electron chi connectivity index (χ2n) is 4.17. The Bertz CT molecular complexity index is 629. The number of hydrogen-bond acceptors (Lipinski definition) is 3. The molecule has 0 heterocycles. The molecule has 0 saturated heterocycles. The van der Waals surface area contributed by atoms with Gasteiger partial charge in [-0.2, -0.15) is 0 Å². The first-order valence-corrected chi connectivity index (χ1v) is 5.96. The summed E-state index contributed by atoms with van der Waals surface area (Å²) in [5.74, 6) is -1.49. The fourth-order valence-electron chi connectivity index (χ4n) is 1.76. The Kier molecular flexibility index (Phi) is 4.30.